The Morgan fingerprint density at radius 3 is 2.67 bits per heavy atom. The van der Waals surface area contributed by atoms with Crippen LogP contribution in [-0.2, 0) is 11.8 Å². The number of benzene rings is 2. The number of aryl methyl sites for hydroxylation is 1. The Balaban J connectivity index is 2.30. The first kappa shape index (κ1) is 11.6. The van der Waals surface area contributed by atoms with Crippen LogP contribution in [0.4, 0.5) is 0 Å². The van der Waals surface area contributed by atoms with E-state index < -0.39 is 0 Å². The van der Waals surface area contributed by atoms with Gasteiger partial charge in [0, 0.05) is 0 Å². The summed E-state index contributed by atoms with van der Waals surface area (Å²) < 4.78 is 5.37. The van der Waals surface area contributed by atoms with E-state index in [-0.39, 0.29) is 0 Å². The maximum Gasteiger partial charge on any atom is 0.119 e. The molecule has 94 valence electrons. The molecule has 0 saturated carbocycles. The third-order valence-electron chi connectivity index (χ3n) is 4.30. The fraction of sp³-hybridized carbons (Fsp3) is 0.412. The number of methoxy groups -OCH3 is 1. The summed E-state index contributed by atoms with van der Waals surface area (Å²) in [6, 6.07) is 11.0. The van der Waals surface area contributed by atoms with Crippen LogP contribution >= 0.6 is 0 Å². The molecule has 0 spiro atoms. The summed E-state index contributed by atoms with van der Waals surface area (Å²) in [6.45, 7) is 4.72. The zero-order valence-corrected chi connectivity index (χ0v) is 11.4. The van der Waals surface area contributed by atoms with Crippen molar-refractivity contribution in [3.63, 3.8) is 0 Å². The van der Waals surface area contributed by atoms with Gasteiger partial charge in [-0.25, -0.2) is 0 Å². The van der Waals surface area contributed by atoms with Gasteiger partial charge in [0.05, 0.1) is 7.11 Å². The SMILES string of the molecule is COc1ccc2ccc3c(c2c1)CCCC3(C)C. The normalized spacial score (nSPS) is 17.5. The summed E-state index contributed by atoms with van der Waals surface area (Å²) in [5, 5.41) is 2.70. The van der Waals surface area contributed by atoms with Gasteiger partial charge in [-0.3, -0.25) is 0 Å². The van der Waals surface area contributed by atoms with Crippen LogP contribution in [0, 0.1) is 0 Å². The Labute approximate surface area is 109 Å². The molecule has 0 amide bonds. The minimum Gasteiger partial charge on any atom is -0.497 e. The number of hydrogen-bond donors (Lipinski definition) is 0. The van der Waals surface area contributed by atoms with Gasteiger partial charge in [0.15, 0.2) is 0 Å². The van der Waals surface area contributed by atoms with Gasteiger partial charge in [0.25, 0.3) is 0 Å². The van der Waals surface area contributed by atoms with E-state index in [1.807, 2.05) is 6.07 Å². The molecular formula is C17H20O. The van der Waals surface area contributed by atoms with Crippen LogP contribution in [0.2, 0.25) is 0 Å². The molecule has 1 aliphatic carbocycles. The number of rotatable bonds is 1. The van der Waals surface area contributed by atoms with Crippen molar-refractivity contribution in [1.82, 2.24) is 0 Å². The summed E-state index contributed by atoms with van der Waals surface area (Å²) in [4.78, 5) is 0. The molecule has 0 heterocycles. The summed E-state index contributed by atoms with van der Waals surface area (Å²) in [5.41, 5.74) is 3.36. The Morgan fingerprint density at radius 2 is 1.89 bits per heavy atom. The first-order valence-corrected chi connectivity index (χ1v) is 6.72. The van der Waals surface area contributed by atoms with Gasteiger partial charge >= 0.3 is 0 Å². The van der Waals surface area contributed by atoms with Gasteiger partial charge in [-0.1, -0.05) is 32.0 Å². The van der Waals surface area contributed by atoms with Gasteiger partial charge < -0.3 is 4.74 Å². The second-order valence-electron chi connectivity index (χ2n) is 5.92. The predicted molar refractivity (Wildman–Crippen MR) is 76.5 cm³/mol. The molecule has 18 heavy (non-hydrogen) atoms. The quantitative estimate of drug-likeness (QED) is 0.715. The first-order valence-electron chi connectivity index (χ1n) is 6.72. The fourth-order valence-electron chi connectivity index (χ4n) is 3.23. The largest absolute Gasteiger partial charge is 0.497 e. The van der Waals surface area contributed by atoms with Crippen molar-refractivity contribution < 1.29 is 4.74 Å². The van der Waals surface area contributed by atoms with Crippen molar-refractivity contribution in [2.24, 2.45) is 0 Å². The zero-order chi connectivity index (χ0) is 12.8. The Morgan fingerprint density at radius 1 is 1.11 bits per heavy atom. The summed E-state index contributed by atoms with van der Waals surface area (Å²) in [7, 11) is 1.74. The maximum atomic E-state index is 5.37. The topological polar surface area (TPSA) is 9.23 Å². The summed E-state index contributed by atoms with van der Waals surface area (Å²) in [6.07, 6.45) is 3.77. The Bertz CT molecular complexity index is 596. The monoisotopic (exact) mass is 240 g/mol. The lowest BCUT2D eigenvalue weighted by atomic mass is 9.71. The lowest BCUT2D eigenvalue weighted by Crippen LogP contribution is -2.23. The van der Waals surface area contributed by atoms with Crippen LogP contribution in [0.25, 0.3) is 10.8 Å². The highest BCUT2D eigenvalue weighted by Crippen LogP contribution is 2.40. The van der Waals surface area contributed by atoms with Crippen LogP contribution < -0.4 is 4.74 Å². The number of fused-ring (bicyclic) bond motifs is 3. The Hall–Kier alpha value is -1.50. The van der Waals surface area contributed by atoms with E-state index in [1.165, 1.54) is 41.2 Å². The number of hydrogen-bond acceptors (Lipinski definition) is 1. The highest BCUT2D eigenvalue weighted by molar-refractivity contribution is 5.88. The molecule has 2 aromatic rings. The van der Waals surface area contributed by atoms with Gasteiger partial charge in [-0.2, -0.15) is 0 Å². The Kier molecular flexibility index (Phi) is 2.58. The van der Waals surface area contributed by atoms with Crippen molar-refractivity contribution >= 4 is 10.8 Å². The maximum absolute atomic E-state index is 5.37. The van der Waals surface area contributed by atoms with Crippen molar-refractivity contribution in [2.75, 3.05) is 7.11 Å². The van der Waals surface area contributed by atoms with E-state index in [4.69, 9.17) is 4.74 Å². The lowest BCUT2D eigenvalue weighted by molar-refractivity contribution is 0.415. The second kappa shape index (κ2) is 4.01. The van der Waals surface area contributed by atoms with Gasteiger partial charge in [-0.15, -0.1) is 0 Å². The third-order valence-corrected chi connectivity index (χ3v) is 4.30. The summed E-state index contributed by atoms with van der Waals surface area (Å²) >= 11 is 0. The average molecular weight is 240 g/mol. The molecule has 0 aromatic heterocycles. The molecule has 0 unspecified atom stereocenters. The van der Waals surface area contributed by atoms with E-state index in [2.05, 4.69) is 38.1 Å². The van der Waals surface area contributed by atoms with Gasteiger partial charge in [0.1, 0.15) is 5.75 Å². The van der Waals surface area contributed by atoms with Crippen LogP contribution in [0.15, 0.2) is 30.3 Å². The van der Waals surface area contributed by atoms with E-state index in [9.17, 15) is 0 Å². The van der Waals surface area contributed by atoms with Crippen LogP contribution in [0.1, 0.15) is 37.8 Å². The van der Waals surface area contributed by atoms with E-state index in [0.717, 1.165) is 5.75 Å². The van der Waals surface area contributed by atoms with E-state index >= 15 is 0 Å². The van der Waals surface area contributed by atoms with Crippen molar-refractivity contribution in [2.45, 2.75) is 38.5 Å². The minimum atomic E-state index is 0.310. The standard InChI is InChI=1S/C17H20O/c1-17(2)10-4-5-14-15-11-13(18-3)8-6-12(15)7-9-16(14)17/h6-9,11H,4-5,10H2,1-3H3. The molecule has 1 nitrogen and oxygen atoms in total. The summed E-state index contributed by atoms with van der Waals surface area (Å²) in [5.74, 6) is 0.958. The molecule has 0 fully saturated rings. The molecule has 0 radical (unpaired) electrons. The average Bonchev–Trinajstić information content (AvgIpc) is 2.37. The molecule has 0 bridgehead atoms. The molecule has 0 N–H and O–H groups in total. The molecule has 1 heteroatoms. The molecular weight excluding hydrogens is 220 g/mol. The predicted octanol–water partition coefficient (Wildman–Crippen LogP) is 4.46. The molecule has 3 rings (SSSR count). The van der Waals surface area contributed by atoms with Crippen LogP contribution in [0.5, 0.6) is 5.75 Å². The molecule has 2 aromatic carbocycles. The third kappa shape index (κ3) is 1.69. The fourth-order valence-corrected chi connectivity index (χ4v) is 3.23. The van der Waals surface area contributed by atoms with Crippen LogP contribution in [-0.4, -0.2) is 7.11 Å². The highest BCUT2D eigenvalue weighted by atomic mass is 16.5. The van der Waals surface area contributed by atoms with Gasteiger partial charge in [-0.05, 0) is 58.7 Å². The van der Waals surface area contributed by atoms with Crippen molar-refractivity contribution in [1.29, 1.82) is 0 Å². The smallest absolute Gasteiger partial charge is 0.119 e. The van der Waals surface area contributed by atoms with E-state index in [0.29, 0.717) is 5.41 Å². The highest BCUT2D eigenvalue weighted by Gasteiger charge is 2.28. The zero-order valence-electron chi connectivity index (χ0n) is 11.4. The van der Waals surface area contributed by atoms with E-state index in [1.54, 1.807) is 7.11 Å². The first-order chi connectivity index (χ1) is 8.62. The lowest BCUT2D eigenvalue weighted by Gasteiger charge is -2.33. The van der Waals surface area contributed by atoms with Crippen molar-refractivity contribution in [3.05, 3.63) is 41.5 Å². The molecule has 0 atom stereocenters. The minimum absolute atomic E-state index is 0.310. The molecule has 0 saturated heterocycles. The van der Waals surface area contributed by atoms with Crippen LogP contribution in [0.3, 0.4) is 0 Å². The van der Waals surface area contributed by atoms with Gasteiger partial charge in [0.2, 0.25) is 0 Å². The van der Waals surface area contributed by atoms with Crippen molar-refractivity contribution in [3.8, 4) is 5.75 Å². The molecule has 1 aliphatic rings. The second-order valence-corrected chi connectivity index (χ2v) is 5.92. The molecule has 0 aliphatic heterocycles. The number of ether oxygens (including phenoxy) is 1.